The zero-order chi connectivity index (χ0) is 14.0. The Morgan fingerprint density at radius 3 is 1.89 bits per heavy atom. The van der Waals surface area contributed by atoms with Crippen LogP contribution in [0.5, 0.6) is 0 Å². The molecule has 6 heteroatoms. The molecule has 0 aliphatic carbocycles. The summed E-state index contributed by atoms with van der Waals surface area (Å²) >= 11 is 0. The molecular formula is C12H27N3O2Si. The lowest BCUT2D eigenvalue weighted by molar-refractivity contribution is -0.118. The average Bonchev–Trinajstić information content (AvgIpc) is 2.22. The summed E-state index contributed by atoms with van der Waals surface area (Å²) in [6.07, 6.45) is 1.80. The summed E-state index contributed by atoms with van der Waals surface area (Å²) in [5.74, 6) is -0.0363. The summed E-state index contributed by atoms with van der Waals surface area (Å²) in [5.41, 5.74) is 0. The van der Waals surface area contributed by atoms with Crippen LogP contribution in [0.4, 0.5) is 4.79 Å². The van der Waals surface area contributed by atoms with Crippen molar-refractivity contribution in [3.8, 4) is 0 Å². The predicted octanol–water partition coefficient (Wildman–Crippen LogP) is 1.54. The Bertz CT molecular complexity index is 265. The van der Waals surface area contributed by atoms with Gasteiger partial charge in [-0.1, -0.05) is 25.7 Å². The maximum Gasteiger partial charge on any atom is 0.314 e. The lowest BCUT2D eigenvalue weighted by Crippen LogP contribution is -2.38. The molecule has 0 aliphatic heterocycles. The van der Waals surface area contributed by atoms with Crippen LogP contribution in [0, 0.1) is 0 Å². The fourth-order valence-corrected chi connectivity index (χ4v) is 2.68. The number of carbonyl (C=O) groups is 2. The minimum absolute atomic E-state index is 0.0363. The van der Waals surface area contributed by atoms with Gasteiger partial charge in [0, 0.05) is 34.6 Å². The van der Waals surface area contributed by atoms with Gasteiger partial charge >= 0.3 is 6.03 Å². The molecule has 0 heterocycles. The van der Waals surface area contributed by atoms with E-state index in [2.05, 4.69) is 35.6 Å². The highest BCUT2D eigenvalue weighted by atomic mass is 28.3. The first-order valence-electron chi connectivity index (χ1n) is 6.57. The van der Waals surface area contributed by atoms with E-state index in [4.69, 9.17) is 0 Å². The molecule has 0 aromatic heterocycles. The van der Waals surface area contributed by atoms with E-state index in [1.807, 2.05) is 0 Å². The quantitative estimate of drug-likeness (QED) is 0.464. The SMILES string of the molecule is CC(=O)NCCCNC(=O)NCCC[Si](C)(C)C. The van der Waals surface area contributed by atoms with Crippen LogP contribution in [0.3, 0.4) is 0 Å². The molecule has 5 nitrogen and oxygen atoms in total. The zero-order valence-corrected chi connectivity index (χ0v) is 13.1. The Morgan fingerprint density at radius 2 is 1.39 bits per heavy atom. The van der Waals surface area contributed by atoms with Gasteiger partial charge in [-0.3, -0.25) is 4.79 Å². The first kappa shape index (κ1) is 17.0. The van der Waals surface area contributed by atoms with Gasteiger partial charge in [-0.25, -0.2) is 4.79 Å². The third-order valence-electron chi connectivity index (χ3n) is 2.40. The number of amides is 3. The van der Waals surface area contributed by atoms with Gasteiger partial charge < -0.3 is 16.0 Å². The van der Waals surface area contributed by atoms with Gasteiger partial charge in [-0.05, 0) is 12.8 Å². The molecule has 3 N–H and O–H groups in total. The molecule has 0 atom stereocenters. The third kappa shape index (κ3) is 13.0. The van der Waals surface area contributed by atoms with Gasteiger partial charge in [0.05, 0.1) is 0 Å². The molecule has 0 aromatic carbocycles. The highest BCUT2D eigenvalue weighted by Crippen LogP contribution is 2.09. The minimum atomic E-state index is -0.988. The van der Waals surface area contributed by atoms with Gasteiger partial charge in [0.2, 0.25) is 5.91 Å². The molecule has 0 aromatic rings. The molecule has 0 unspecified atom stereocenters. The van der Waals surface area contributed by atoms with Gasteiger partial charge in [0.25, 0.3) is 0 Å². The Labute approximate surface area is 111 Å². The molecule has 0 bridgehead atoms. The first-order valence-corrected chi connectivity index (χ1v) is 10.3. The number of carbonyl (C=O) groups excluding carboxylic acids is 2. The highest BCUT2D eigenvalue weighted by Gasteiger charge is 2.11. The summed E-state index contributed by atoms with van der Waals surface area (Å²) in [6, 6.07) is 1.11. The van der Waals surface area contributed by atoms with E-state index < -0.39 is 8.07 Å². The van der Waals surface area contributed by atoms with Crippen molar-refractivity contribution in [2.24, 2.45) is 0 Å². The van der Waals surface area contributed by atoms with E-state index in [-0.39, 0.29) is 11.9 Å². The van der Waals surface area contributed by atoms with Gasteiger partial charge in [0.1, 0.15) is 0 Å². The average molecular weight is 273 g/mol. The molecule has 0 aliphatic rings. The van der Waals surface area contributed by atoms with Crippen molar-refractivity contribution in [3.05, 3.63) is 0 Å². The summed E-state index contributed by atoms with van der Waals surface area (Å²) < 4.78 is 0. The number of nitrogens with one attached hydrogen (secondary N) is 3. The molecule has 0 radical (unpaired) electrons. The highest BCUT2D eigenvalue weighted by molar-refractivity contribution is 6.76. The molecule has 0 fully saturated rings. The van der Waals surface area contributed by atoms with Crippen molar-refractivity contribution in [3.63, 3.8) is 0 Å². The first-order chi connectivity index (χ1) is 8.31. The van der Waals surface area contributed by atoms with Crippen molar-refractivity contribution < 1.29 is 9.59 Å². The Balaban J connectivity index is 3.35. The van der Waals surface area contributed by atoms with Crippen LogP contribution in [0.1, 0.15) is 19.8 Å². The number of urea groups is 1. The van der Waals surface area contributed by atoms with Crippen molar-refractivity contribution in [2.75, 3.05) is 19.6 Å². The second-order valence-electron chi connectivity index (χ2n) is 5.68. The Hall–Kier alpha value is -1.04. The molecule has 0 saturated heterocycles. The van der Waals surface area contributed by atoms with Crippen molar-refractivity contribution in [1.29, 1.82) is 0 Å². The molecule has 0 rings (SSSR count). The van der Waals surface area contributed by atoms with E-state index in [0.717, 1.165) is 19.4 Å². The largest absolute Gasteiger partial charge is 0.356 e. The van der Waals surface area contributed by atoms with Gasteiger partial charge in [-0.2, -0.15) is 0 Å². The van der Waals surface area contributed by atoms with E-state index >= 15 is 0 Å². The lowest BCUT2D eigenvalue weighted by Gasteiger charge is -2.15. The fourth-order valence-electron chi connectivity index (χ4n) is 1.44. The molecular weight excluding hydrogens is 246 g/mol. The summed E-state index contributed by atoms with van der Waals surface area (Å²) in [7, 11) is -0.988. The maximum atomic E-state index is 11.4. The molecule has 3 amide bonds. The van der Waals surface area contributed by atoms with Crippen LogP contribution in [0.15, 0.2) is 0 Å². The molecule has 0 saturated carbocycles. The van der Waals surface area contributed by atoms with Crippen LogP contribution >= 0.6 is 0 Å². The summed E-state index contributed by atoms with van der Waals surface area (Å²) in [6.45, 7) is 10.4. The van der Waals surface area contributed by atoms with Crippen LogP contribution in [0.25, 0.3) is 0 Å². The van der Waals surface area contributed by atoms with Crippen LogP contribution in [-0.4, -0.2) is 39.6 Å². The van der Waals surface area contributed by atoms with Gasteiger partial charge in [0.15, 0.2) is 0 Å². The number of hydrogen-bond acceptors (Lipinski definition) is 2. The standard InChI is InChI=1S/C12H27N3O2Si/c1-11(16)13-7-5-8-14-12(17)15-9-6-10-18(2,3)4/h5-10H2,1-4H3,(H,13,16)(H2,14,15,17). The van der Waals surface area contributed by atoms with E-state index in [9.17, 15) is 9.59 Å². The summed E-state index contributed by atoms with van der Waals surface area (Å²) in [4.78, 5) is 22.0. The third-order valence-corrected chi connectivity index (χ3v) is 4.26. The van der Waals surface area contributed by atoms with Crippen molar-refractivity contribution in [1.82, 2.24) is 16.0 Å². The number of rotatable bonds is 8. The smallest absolute Gasteiger partial charge is 0.314 e. The Morgan fingerprint density at radius 1 is 0.889 bits per heavy atom. The molecule has 18 heavy (non-hydrogen) atoms. The zero-order valence-electron chi connectivity index (χ0n) is 12.1. The van der Waals surface area contributed by atoms with Crippen LogP contribution in [-0.2, 0) is 4.79 Å². The van der Waals surface area contributed by atoms with Crippen molar-refractivity contribution in [2.45, 2.75) is 45.5 Å². The maximum absolute atomic E-state index is 11.4. The monoisotopic (exact) mass is 273 g/mol. The normalized spacial score (nSPS) is 10.9. The molecule has 106 valence electrons. The predicted molar refractivity (Wildman–Crippen MR) is 77.5 cm³/mol. The minimum Gasteiger partial charge on any atom is -0.356 e. The fraction of sp³-hybridized carbons (Fsp3) is 0.833. The summed E-state index contributed by atoms with van der Waals surface area (Å²) in [5, 5.41) is 8.29. The second-order valence-corrected chi connectivity index (χ2v) is 11.3. The van der Waals surface area contributed by atoms with Crippen LogP contribution < -0.4 is 16.0 Å². The molecule has 0 spiro atoms. The lowest BCUT2D eigenvalue weighted by atomic mass is 10.4. The van der Waals surface area contributed by atoms with Crippen LogP contribution in [0.2, 0.25) is 25.7 Å². The number of hydrogen-bond donors (Lipinski definition) is 3. The topological polar surface area (TPSA) is 70.2 Å². The van der Waals surface area contributed by atoms with Gasteiger partial charge in [-0.15, -0.1) is 0 Å². The van der Waals surface area contributed by atoms with E-state index in [1.165, 1.54) is 13.0 Å². The van der Waals surface area contributed by atoms with E-state index in [1.54, 1.807) is 0 Å². The second kappa shape index (κ2) is 8.96. The van der Waals surface area contributed by atoms with Crippen molar-refractivity contribution >= 4 is 20.0 Å². The Kier molecular flexibility index (Phi) is 8.44. The van der Waals surface area contributed by atoms with E-state index in [0.29, 0.717) is 13.1 Å².